The number of aliphatic carboxylic acids is 1. The molecular weight excluding hydrogens is 386 g/mol. The van der Waals surface area contributed by atoms with Crippen LogP contribution in [0.25, 0.3) is 0 Å². The third kappa shape index (κ3) is 5.54. The maximum Gasteiger partial charge on any atom is 0.322 e. The SMILES string of the molecule is CCCCc1ccc(CC(C(=O)O)N(C)S(=O)(=O)c2ccc(Cl)cc2)cc1. The van der Waals surface area contributed by atoms with Gasteiger partial charge >= 0.3 is 5.97 Å². The predicted octanol–water partition coefficient (Wildman–Crippen LogP) is 4.00. The Labute approximate surface area is 165 Å². The second-order valence-electron chi connectivity index (χ2n) is 6.45. The Bertz CT molecular complexity index is 864. The van der Waals surface area contributed by atoms with Gasteiger partial charge in [0.2, 0.25) is 10.0 Å². The Kier molecular flexibility index (Phi) is 7.41. The third-order valence-electron chi connectivity index (χ3n) is 4.49. The molecule has 0 aromatic heterocycles. The molecule has 27 heavy (non-hydrogen) atoms. The Morgan fingerprint density at radius 1 is 1.07 bits per heavy atom. The van der Waals surface area contributed by atoms with E-state index in [1.165, 1.54) is 36.9 Å². The van der Waals surface area contributed by atoms with E-state index in [9.17, 15) is 18.3 Å². The summed E-state index contributed by atoms with van der Waals surface area (Å²) >= 11 is 5.80. The molecule has 5 nitrogen and oxygen atoms in total. The summed E-state index contributed by atoms with van der Waals surface area (Å²) in [7, 11) is -2.66. The van der Waals surface area contributed by atoms with Crippen LogP contribution in [0, 0.1) is 0 Å². The van der Waals surface area contributed by atoms with E-state index < -0.39 is 22.0 Å². The normalized spacial score (nSPS) is 12.9. The van der Waals surface area contributed by atoms with Crippen LogP contribution in [0.15, 0.2) is 53.4 Å². The van der Waals surface area contributed by atoms with Gasteiger partial charge in [-0.2, -0.15) is 4.31 Å². The van der Waals surface area contributed by atoms with Crippen LogP contribution >= 0.6 is 11.6 Å². The standard InChI is InChI=1S/C20H24ClNO4S/c1-3-4-5-15-6-8-16(9-7-15)14-19(20(23)24)22(2)27(25,26)18-12-10-17(21)11-13-18/h6-13,19H,3-5,14H2,1-2H3,(H,23,24). The van der Waals surface area contributed by atoms with Crippen LogP contribution in [0.4, 0.5) is 0 Å². The minimum absolute atomic E-state index is 0.00978. The van der Waals surface area contributed by atoms with Gasteiger partial charge in [0.05, 0.1) is 4.90 Å². The minimum atomic E-state index is -3.95. The molecule has 2 aromatic rings. The molecule has 7 heteroatoms. The molecule has 1 N–H and O–H groups in total. The first-order valence-corrected chi connectivity index (χ1v) is 10.6. The van der Waals surface area contributed by atoms with Gasteiger partial charge in [0.25, 0.3) is 0 Å². The quantitative estimate of drug-likeness (QED) is 0.679. The Hall–Kier alpha value is -1.89. The molecule has 0 radical (unpaired) electrons. The molecule has 0 aliphatic carbocycles. The van der Waals surface area contributed by atoms with E-state index in [-0.39, 0.29) is 11.3 Å². The van der Waals surface area contributed by atoms with Gasteiger partial charge in [-0.1, -0.05) is 49.2 Å². The second kappa shape index (κ2) is 9.35. The van der Waals surface area contributed by atoms with Crippen molar-refractivity contribution in [3.8, 4) is 0 Å². The lowest BCUT2D eigenvalue weighted by molar-refractivity contribution is -0.141. The zero-order valence-corrected chi connectivity index (χ0v) is 17.0. The molecular formula is C20H24ClNO4S. The van der Waals surface area contributed by atoms with E-state index in [4.69, 9.17) is 11.6 Å². The van der Waals surface area contributed by atoms with E-state index in [0.717, 1.165) is 29.1 Å². The van der Waals surface area contributed by atoms with Gasteiger partial charge in [-0.3, -0.25) is 4.79 Å². The van der Waals surface area contributed by atoms with Gasteiger partial charge in [-0.05, 0) is 54.7 Å². The summed E-state index contributed by atoms with van der Waals surface area (Å²) in [5.41, 5.74) is 1.97. The number of rotatable bonds is 9. The molecule has 2 aromatic carbocycles. The van der Waals surface area contributed by atoms with E-state index in [1.54, 1.807) is 0 Å². The molecule has 0 fully saturated rings. The fourth-order valence-corrected chi connectivity index (χ4v) is 4.20. The lowest BCUT2D eigenvalue weighted by atomic mass is 10.0. The minimum Gasteiger partial charge on any atom is -0.480 e. The fourth-order valence-electron chi connectivity index (χ4n) is 2.76. The highest BCUT2D eigenvalue weighted by Crippen LogP contribution is 2.21. The molecule has 146 valence electrons. The van der Waals surface area contributed by atoms with Crippen molar-refractivity contribution in [3.63, 3.8) is 0 Å². The average molecular weight is 410 g/mol. The predicted molar refractivity (Wildman–Crippen MR) is 107 cm³/mol. The van der Waals surface area contributed by atoms with Gasteiger partial charge in [-0.15, -0.1) is 0 Å². The van der Waals surface area contributed by atoms with E-state index in [2.05, 4.69) is 6.92 Å². The lowest BCUT2D eigenvalue weighted by Gasteiger charge is -2.24. The maximum absolute atomic E-state index is 12.8. The van der Waals surface area contributed by atoms with Crippen LogP contribution < -0.4 is 0 Å². The van der Waals surface area contributed by atoms with E-state index >= 15 is 0 Å². The zero-order valence-electron chi connectivity index (χ0n) is 15.4. The Morgan fingerprint density at radius 3 is 2.15 bits per heavy atom. The summed E-state index contributed by atoms with van der Waals surface area (Å²) in [4.78, 5) is 11.8. The monoisotopic (exact) mass is 409 g/mol. The smallest absolute Gasteiger partial charge is 0.322 e. The summed E-state index contributed by atoms with van der Waals surface area (Å²) in [5.74, 6) is -1.19. The zero-order chi connectivity index (χ0) is 20.0. The highest BCUT2D eigenvalue weighted by Gasteiger charge is 2.32. The van der Waals surface area contributed by atoms with Crippen molar-refractivity contribution in [2.45, 2.75) is 43.5 Å². The molecule has 1 atom stereocenters. The third-order valence-corrected chi connectivity index (χ3v) is 6.62. The van der Waals surface area contributed by atoms with Crippen LogP contribution in [0.5, 0.6) is 0 Å². The maximum atomic E-state index is 12.8. The molecule has 2 rings (SSSR count). The first kappa shape index (κ1) is 21.4. The highest BCUT2D eigenvalue weighted by atomic mass is 35.5. The number of benzene rings is 2. The molecule has 1 unspecified atom stereocenters. The van der Waals surface area contributed by atoms with Crippen molar-refractivity contribution in [3.05, 3.63) is 64.7 Å². The topological polar surface area (TPSA) is 74.7 Å². The number of carboxylic acid groups (broad SMARTS) is 1. The lowest BCUT2D eigenvalue weighted by Crippen LogP contribution is -2.43. The molecule has 0 heterocycles. The largest absolute Gasteiger partial charge is 0.480 e. The Morgan fingerprint density at radius 2 is 1.63 bits per heavy atom. The number of aryl methyl sites for hydroxylation is 1. The fraction of sp³-hybridized carbons (Fsp3) is 0.350. The van der Waals surface area contributed by atoms with Crippen LogP contribution in [-0.4, -0.2) is 36.9 Å². The molecule has 0 aliphatic rings. The first-order valence-electron chi connectivity index (χ1n) is 8.80. The van der Waals surface area contributed by atoms with Gasteiger partial charge in [0, 0.05) is 12.1 Å². The molecule has 0 aliphatic heterocycles. The van der Waals surface area contributed by atoms with Crippen LogP contribution in [0.1, 0.15) is 30.9 Å². The number of nitrogens with zero attached hydrogens (tertiary/aromatic N) is 1. The summed E-state index contributed by atoms with van der Waals surface area (Å²) in [5, 5.41) is 10.0. The van der Waals surface area contributed by atoms with Crippen molar-refractivity contribution < 1.29 is 18.3 Å². The van der Waals surface area contributed by atoms with E-state index in [1.807, 2.05) is 24.3 Å². The first-order chi connectivity index (χ1) is 12.8. The van der Waals surface area contributed by atoms with Crippen molar-refractivity contribution >= 4 is 27.6 Å². The summed E-state index contributed by atoms with van der Waals surface area (Å²) in [6, 6.07) is 12.1. The van der Waals surface area contributed by atoms with Crippen LogP contribution in [-0.2, 0) is 27.7 Å². The number of likely N-dealkylation sites (N-methyl/N-ethyl adjacent to an activating group) is 1. The number of carboxylic acids is 1. The van der Waals surface area contributed by atoms with Gasteiger partial charge in [-0.25, -0.2) is 8.42 Å². The van der Waals surface area contributed by atoms with E-state index in [0.29, 0.717) is 5.02 Å². The number of unbranched alkanes of at least 4 members (excludes halogenated alkanes) is 1. The van der Waals surface area contributed by atoms with Crippen LogP contribution in [0.3, 0.4) is 0 Å². The van der Waals surface area contributed by atoms with Gasteiger partial charge in [0.15, 0.2) is 0 Å². The molecule has 0 amide bonds. The summed E-state index contributed by atoms with van der Waals surface area (Å²) in [6.45, 7) is 2.13. The summed E-state index contributed by atoms with van der Waals surface area (Å²) < 4.78 is 26.4. The van der Waals surface area contributed by atoms with Crippen molar-refractivity contribution in [2.75, 3.05) is 7.05 Å². The van der Waals surface area contributed by atoms with Crippen molar-refractivity contribution in [2.24, 2.45) is 0 Å². The molecule has 0 bridgehead atoms. The number of hydrogen-bond donors (Lipinski definition) is 1. The Balaban J connectivity index is 2.21. The van der Waals surface area contributed by atoms with Crippen LogP contribution in [0.2, 0.25) is 5.02 Å². The second-order valence-corrected chi connectivity index (χ2v) is 8.89. The summed E-state index contributed by atoms with van der Waals surface area (Å²) in [6.07, 6.45) is 3.27. The number of sulfonamides is 1. The molecule has 0 spiro atoms. The van der Waals surface area contributed by atoms with Crippen molar-refractivity contribution in [1.82, 2.24) is 4.31 Å². The number of hydrogen-bond acceptors (Lipinski definition) is 3. The average Bonchev–Trinajstić information content (AvgIpc) is 2.65. The molecule has 0 saturated carbocycles. The van der Waals surface area contributed by atoms with Gasteiger partial charge < -0.3 is 5.11 Å². The highest BCUT2D eigenvalue weighted by molar-refractivity contribution is 7.89. The van der Waals surface area contributed by atoms with Gasteiger partial charge in [0.1, 0.15) is 6.04 Å². The number of halogens is 1. The van der Waals surface area contributed by atoms with Crippen molar-refractivity contribution in [1.29, 1.82) is 0 Å². The number of carbonyl (C=O) groups is 1. The molecule has 0 saturated heterocycles.